The van der Waals surface area contributed by atoms with Crippen LogP contribution in [0.5, 0.6) is 0 Å². The summed E-state index contributed by atoms with van der Waals surface area (Å²) in [5, 5.41) is 5.32. The molecule has 0 fully saturated rings. The lowest BCUT2D eigenvalue weighted by atomic mass is 9.98. The minimum absolute atomic E-state index is 0.0302. The van der Waals surface area contributed by atoms with Crippen molar-refractivity contribution in [2.45, 2.75) is 25.5 Å². The van der Waals surface area contributed by atoms with Crippen molar-refractivity contribution in [2.75, 3.05) is 6.54 Å². The SMILES string of the molecule is NC(=O)C(CNC(=O)[C@H](Cc1ccccc1)NC(=O)OCc1ccccc1)Cc1ccc(F)cc1. The summed E-state index contributed by atoms with van der Waals surface area (Å²) in [7, 11) is 0. The molecular formula is C27H28FN3O4. The van der Waals surface area contributed by atoms with Gasteiger partial charge in [-0.25, -0.2) is 9.18 Å². The molecule has 1 unspecified atom stereocenters. The lowest BCUT2D eigenvalue weighted by Gasteiger charge is -2.20. The fraction of sp³-hybridized carbons (Fsp3) is 0.222. The molecular weight excluding hydrogens is 449 g/mol. The molecule has 35 heavy (non-hydrogen) atoms. The number of nitrogens with one attached hydrogen (secondary N) is 2. The van der Waals surface area contributed by atoms with Crippen LogP contribution >= 0.6 is 0 Å². The average molecular weight is 478 g/mol. The molecule has 0 radical (unpaired) electrons. The molecule has 0 saturated heterocycles. The van der Waals surface area contributed by atoms with E-state index >= 15 is 0 Å². The molecule has 8 heteroatoms. The van der Waals surface area contributed by atoms with Crippen LogP contribution in [0, 0.1) is 11.7 Å². The summed E-state index contributed by atoms with van der Waals surface area (Å²) in [5.41, 5.74) is 7.90. The van der Waals surface area contributed by atoms with E-state index < -0.39 is 29.9 Å². The third-order valence-corrected chi connectivity index (χ3v) is 5.42. The molecule has 3 amide bonds. The van der Waals surface area contributed by atoms with Crippen LogP contribution in [-0.2, 0) is 33.8 Å². The van der Waals surface area contributed by atoms with Gasteiger partial charge in [-0.3, -0.25) is 9.59 Å². The van der Waals surface area contributed by atoms with Gasteiger partial charge in [0.2, 0.25) is 11.8 Å². The number of hydrogen-bond donors (Lipinski definition) is 3. The molecule has 3 aromatic rings. The Balaban J connectivity index is 1.62. The maximum atomic E-state index is 13.2. The predicted octanol–water partition coefficient (Wildman–Crippen LogP) is 3.12. The Morgan fingerprint density at radius 2 is 1.37 bits per heavy atom. The van der Waals surface area contributed by atoms with Gasteiger partial charge in [-0.2, -0.15) is 0 Å². The lowest BCUT2D eigenvalue weighted by Crippen LogP contribution is -2.50. The Labute approximate surface area is 203 Å². The van der Waals surface area contributed by atoms with Crippen LogP contribution in [-0.4, -0.2) is 30.5 Å². The fourth-order valence-electron chi connectivity index (χ4n) is 3.49. The molecule has 3 aromatic carbocycles. The first-order chi connectivity index (χ1) is 16.9. The number of ether oxygens (including phenoxy) is 1. The van der Waals surface area contributed by atoms with Gasteiger partial charge in [0.25, 0.3) is 0 Å². The van der Waals surface area contributed by atoms with E-state index in [1.165, 1.54) is 12.1 Å². The molecule has 0 aliphatic heterocycles. The van der Waals surface area contributed by atoms with Crippen molar-refractivity contribution in [3.63, 3.8) is 0 Å². The maximum absolute atomic E-state index is 13.2. The van der Waals surface area contributed by atoms with Gasteiger partial charge in [-0.05, 0) is 35.2 Å². The van der Waals surface area contributed by atoms with Gasteiger partial charge >= 0.3 is 6.09 Å². The van der Waals surface area contributed by atoms with Gasteiger partial charge < -0.3 is 21.1 Å². The van der Waals surface area contributed by atoms with Gasteiger partial charge in [-0.1, -0.05) is 72.8 Å². The van der Waals surface area contributed by atoms with E-state index in [0.717, 1.165) is 11.1 Å². The second-order valence-corrected chi connectivity index (χ2v) is 8.12. The third kappa shape index (κ3) is 8.58. The van der Waals surface area contributed by atoms with Gasteiger partial charge in [0.15, 0.2) is 0 Å². The smallest absolute Gasteiger partial charge is 0.408 e. The van der Waals surface area contributed by atoms with Crippen molar-refractivity contribution in [3.8, 4) is 0 Å². The second kappa shape index (κ2) is 12.9. The Morgan fingerprint density at radius 1 is 0.800 bits per heavy atom. The number of carbonyl (C=O) groups is 3. The molecule has 0 aromatic heterocycles. The third-order valence-electron chi connectivity index (χ3n) is 5.42. The van der Waals surface area contributed by atoms with Crippen molar-refractivity contribution >= 4 is 17.9 Å². The Bertz CT molecular complexity index is 1110. The number of benzene rings is 3. The Morgan fingerprint density at radius 3 is 1.97 bits per heavy atom. The van der Waals surface area contributed by atoms with Crippen molar-refractivity contribution in [1.29, 1.82) is 0 Å². The minimum atomic E-state index is -0.931. The summed E-state index contributed by atoms with van der Waals surface area (Å²) >= 11 is 0. The number of alkyl carbamates (subject to hydrolysis) is 1. The van der Waals surface area contributed by atoms with Crippen LogP contribution in [0.2, 0.25) is 0 Å². The highest BCUT2D eigenvalue weighted by atomic mass is 19.1. The summed E-state index contributed by atoms with van der Waals surface area (Å²) in [6, 6.07) is 23.2. The summed E-state index contributed by atoms with van der Waals surface area (Å²) in [6.07, 6.45) is -0.263. The zero-order chi connectivity index (χ0) is 25.0. The largest absolute Gasteiger partial charge is 0.445 e. The van der Waals surface area contributed by atoms with E-state index in [9.17, 15) is 18.8 Å². The van der Waals surface area contributed by atoms with E-state index in [2.05, 4.69) is 10.6 Å². The summed E-state index contributed by atoms with van der Waals surface area (Å²) in [5.74, 6) is -2.15. The number of hydrogen-bond acceptors (Lipinski definition) is 4. The van der Waals surface area contributed by atoms with Crippen LogP contribution in [0.15, 0.2) is 84.9 Å². The highest BCUT2D eigenvalue weighted by Crippen LogP contribution is 2.11. The zero-order valence-corrected chi connectivity index (χ0v) is 19.2. The molecule has 0 saturated carbocycles. The standard InChI is InChI=1S/C27H28FN3O4/c28-23-13-11-20(12-14-23)15-22(25(29)32)17-30-26(33)24(16-19-7-3-1-4-8-19)31-27(34)35-18-21-9-5-2-6-10-21/h1-14,22,24H,15-18H2,(H2,29,32)(H,30,33)(H,31,34)/t22?,24-/m0/s1. The van der Waals surface area contributed by atoms with E-state index in [4.69, 9.17) is 10.5 Å². The predicted molar refractivity (Wildman–Crippen MR) is 129 cm³/mol. The van der Waals surface area contributed by atoms with E-state index in [0.29, 0.717) is 5.56 Å². The normalized spacial score (nSPS) is 12.3. The van der Waals surface area contributed by atoms with Crippen LogP contribution < -0.4 is 16.4 Å². The van der Waals surface area contributed by atoms with Crippen molar-refractivity contribution in [2.24, 2.45) is 11.7 Å². The molecule has 0 spiro atoms. The van der Waals surface area contributed by atoms with E-state index in [1.807, 2.05) is 60.7 Å². The first-order valence-electron chi connectivity index (χ1n) is 11.2. The van der Waals surface area contributed by atoms with Crippen LogP contribution in [0.25, 0.3) is 0 Å². The Kier molecular flexibility index (Phi) is 9.36. The topological polar surface area (TPSA) is 111 Å². The first kappa shape index (κ1) is 25.4. The molecule has 0 bridgehead atoms. The van der Waals surface area contributed by atoms with Gasteiger partial charge in [0, 0.05) is 13.0 Å². The fourth-order valence-corrected chi connectivity index (χ4v) is 3.49. The molecule has 2 atom stereocenters. The van der Waals surface area contributed by atoms with Crippen molar-refractivity contribution in [3.05, 3.63) is 107 Å². The summed E-state index contributed by atoms with van der Waals surface area (Å²) in [6.45, 7) is 0.0331. The quantitative estimate of drug-likeness (QED) is 0.394. The molecule has 182 valence electrons. The number of nitrogens with two attached hydrogens (primary N) is 1. The average Bonchev–Trinajstić information content (AvgIpc) is 2.87. The lowest BCUT2D eigenvalue weighted by molar-refractivity contribution is -0.124. The first-order valence-corrected chi connectivity index (χ1v) is 11.2. The minimum Gasteiger partial charge on any atom is -0.445 e. The number of amides is 3. The van der Waals surface area contributed by atoms with Gasteiger partial charge in [0.1, 0.15) is 18.5 Å². The Hall–Kier alpha value is -4.20. The van der Waals surface area contributed by atoms with Crippen LogP contribution in [0.3, 0.4) is 0 Å². The van der Waals surface area contributed by atoms with Crippen molar-refractivity contribution < 1.29 is 23.5 Å². The van der Waals surface area contributed by atoms with E-state index in [-0.39, 0.29) is 31.8 Å². The highest BCUT2D eigenvalue weighted by Gasteiger charge is 2.24. The number of primary amides is 1. The highest BCUT2D eigenvalue weighted by molar-refractivity contribution is 5.86. The monoisotopic (exact) mass is 477 g/mol. The van der Waals surface area contributed by atoms with Crippen molar-refractivity contribution in [1.82, 2.24) is 10.6 Å². The van der Waals surface area contributed by atoms with E-state index in [1.54, 1.807) is 12.1 Å². The molecule has 4 N–H and O–H groups in total. The maximum Gasteiger partial charge on any atom is 0.408 e. The number of carbonyl (C=O) groups excluding carboxylic acids is 3. The molecule has 0 heterocycles. The molecule has 7 nitrogen and oxygen atoms in total. The molecule has 0 aliphatic carbocycles. The van der Waals surface area contributed by atoms with Gasteiger partial charge in [0.05, 0.1) is 5.92 Å². The molecule has 0 aliphatic rings. The summed E-state index contributed by atoms with van der Waals surface area (Å²) < 4.78 is 18.4. The number of rotatable bonds is 11. The summed E-state index contributed by atoms with van der Waals surface area (Å²) in [4.78, 5) is 37.4. The zero-order valence-electron chi connectivity index (χ0n) is 19.2. The molecule has 3 rings (SSSR count). The van der Waals surface area contributed by atoms with Gasteiger partial charge in [-0.15, -0.1) is 0 Å². The van der Waals surface area contributed by atoms with Crippen LogP contribution in [0.4, 0.5) is 9.18 Å². The second-order valence-electron chi connectivity index (χ2n) is 8.12. The van der Waals surface area contributed by atoms with Crippen LogP contribution in [0.1, 0.15) is 16.7 Å². The number of halogens is 1.